The number of rotatable bonds is 11. The van der Waals surface area contributed by atoms with E-state index in [1.807, 2.05) is 66.7 Å². The van der Waals surface area contributed by atoms with E-state index in [1.54, 1.807) is 6.92 Å². The summed E-state index contributed by atoms with van der Waals surface area (Å²) in [4.78, 5) is 25.9. The van der Waals surface area contributed by atoms with E-state index in [9.17, 15) is 19.8 Å². The van der Waals surface area contributed by atoms with Crippen LogP contribution in [0.1, 0.15) is 68.3 Å². The summed E-state index contributed by atoms with van der Waals surface area (Å²) in [5.74, 6) is -0.796. The van der Waals surface area contributed by atoms with Gasteiger partial charge in [-0.25, -0.2) is 0 Å². The van der Waals surface area contributed by atoms with Gasteiger partial charge in [0.2, 0.25) is 0 Å². The summed E-state index contributed by atoms with van der Waals surface area (Å²) < 4.78 is 18.4. The molecule has 5 rings (SSSR count). The smallest absolute Gasteiger partial charge is 0.303 e. The van der Waals surface area contributed by atoms with Crippen molar-refractivity contribution in [3.63, 3.8) is 0 Å². The molecule has 2 aliphatic rings. The second kappa shape index (κ2) is 15.1. The molecule has 6 atom stereocenters. The number of nitrogens with zero attached hydrogens (tertiary/aromatic N) is 1. The van der Waals surface area contributed by atoms with Crippen molar-refractivity contribution in [2.75, 3.05) is 19.7 Å². The molecule has 2 aliphatic heterocycles. The number of benzene rings is 3. The van der Waals surface area contributed by atoms with Crippen molar-refractivity contribution in [2.45, 2.75) is 77.4 Å². The maximum atomic E-state index is 12.3. The van der Waals surface area contributed by atoms with Crippen LogP contribution in [-0.4, -0.2) is 64.9 Å². The van der Waals surface area contributed by atoms with Gasteiger partial charge in [0.25, 0.3) is 5.91 Å². The highest BCUT2D eigenvalue weighted by Gasteiger charge is 2.40. The molecule has 2 fully saturated rings. The first-order valence-corrected chi connectivity index (χ1v) is 15.8. The zero-order valence-electron chi connectivity index (χ0n) is 26.2. The third-order valence-electron chi connectivity index (χ3n) is 8.85. The number of hydrogen-bond acceptors (Lipinski definition) is 8. The summed E-state index contributed by atoms with van der Waals surface area (Å²) in [6.07, 6.45) is 0.244. The molecule has 9 nitrogen and oxygen atoms in total. The molecule has 0 aromatic heterocycles. The molecule has 0 spiro atoms. The zero-order valence-corrected chi connectivity index (χ0v) is 26.2. The number of likely N-dealkylation sites (tertiary alicyclic amines) is 1. The molecule has 0 aliphatic carbocycles. The van der Waals surface area contributed by atoms with Crippen LogP contribution in [0, 0.1) is 5.92 Å². The predicted molar refractivity (Wildman–Crippen MR) is 170 cm³/mol. The van der Waals surface area contributed by atoms with Crippen LogP contribution in [0.2, 0.25) is 0 Å². The maximum Gasteiger partial charge on any atom is 0.303 e. The van der Waals surface area contributed by atoms with E-state index in [1.165, 1.54) is 6.92 Å². The highest BCUT2D eigenvalue weighted by Crippen LogP contribution is 2.43. The summed E-state index contributed by atoms with van der Waals surface area (Å²) in [7, 11) is 0. The van der Waals surface area contributed by atoms with Gasteiger partial charge in [-0.15, -0.1) is 0 Å². The Labute approximate surface area is 265 Å². The number of aliphatic hydroxyl groups excluding tert-OH is 2. The topological polar surface area (TPSA) is 118 Å². The monoisotopic (exact) mass is 616 g/mol. The molecular formula is C36H44N2O7. The number of amides is 1. The Morgan fingerprint density at radius 1 is 0.978 bits per heavy atom. The lowest BCUT2D eigenvalue weighted by Crippen LogP contribution is -2.46. The van der Waals surface area contributed by atoms with Gasteiger partial charge in [-0.2, -0.15) is 0 Å². The van der Waals surface area contributed by atoms with Crippen molar-refractivity contribution >= 4 is 11.9 Å². The number of nitrogens with one attached hydrogen (secondary N) is 1. The van der Waals surface area contributed by atoms with Crippen molar-refractivity contribution in [1.82, 2.24) is 10.2 Å². The van der Waals surface area contributed by atoms with Gasteiger partial charge in [-0.1, -0.05) is 67.6 Å². The molecule has 0 saturated carbocycles. The Bertz CT molecular complexity index is 1450. The average molecular weight is 617 g/mol. The lowest BCUT2D eigenvalue weighted by atomic mass is 9.89. The summed E-state index contributed by atoms with van der Waals surface area (Å²) in [5.41, 5.74) is 5.66. The van der Waals surface area contributed by atoms with Gasteiger partial charge in [0.15, 0.2) is 12.4 Å². The van der Waals surface area contributed by atoms with Gasteiger partial charge in [0.1, 0.15) is 0 Å². The number of hydrogen-bond donors (Lipinski definition) is 3. The first-order chi connectivity index (χ1) is 21.7. The van der Waals surface area contributed by atoms with E-state index in [4.69, 9.17) is 14.2 Å². The summed E-state index contributed by atoms with van der Waals surface area (Å²) in [5, 5.41) is 22.3. The van der Waals surface area contributed by atoms with Crippen molar-refractivity contribution in [3.05, 3.63) is 95.1 Å². The predicted octanol–water partition coefficient (Wildman–Crippen LogP) is 4.66. The Balaban J connectivity index is 1.36. The quantitative estimate of drug-likeness (QED) is 0.267. The van der Waals surface area contributed by atoms with E-state index in [-0.39, 0.29) is 43.3 Å². The lowest BCUT2D eigenvalue weighted by molar-refractivity contribution is -0.276. The molecule has 0 unspecified atom stereocenters. The van der Waals surface area contributed by atoms with Gasteiger partial charge in [0.05, 0.1) is 25.4 Å². The molecule has 9 heteroatoms. The van der Waals surface area contributed by atoms with Crippen LogP contribution < -0.4 is 5.32 Å². The van der Waals surface area contributed by atoms with Crippen LogP contribution in [0.5, 0.6) is 0 Å². The molecule has 2 heterocycles. The Morgan fingerprint density at radius 3 is 2.42 bits per heavy atom. The molecule has 45 heavy (non-hydrogen) atoms. The van der Waals surface area contributed by atoms with Gasteiger partial charge in [-0.05, 0) is 66.3 Å². The first-order valence-electron chi connectivity index (χ1n) is 15.8. The van der Waals surface area contributed by atoms with Crippen molar-refractivity contribution in [1.29, 1.82) is 0 Å². The third-order valence-corrected chi connectivity index (χ3v) is 8.85. The van der Waals surface area contributed by atoms with Gasteiger partial charge < -0.3 is 29.7 Å². The average Bonchev–Trinajstić information content (AvgIpc) is 3.51. The number of carbonyl (C=O) groups excluding carboxylic acids is 2. The fourth-order valence-electron chi connectivity index (χ4n) is 6.26. The highest BCUT2D eigenvalue weighted by atomic mass is 16.7. The van der Waals surface area contributed by atoms with Crippen LogP contribution in [0.15, 0.2) is 72.8 Å². The molecule has 2 saturated heterocycles. The molecule has 240 valence electrons. The van der Waals surface area contributed by atoms with Gasteiger partial charge in [-0.3, -0.25) is 14.5 Å². The second-order valence-electron chi connectivity index (χ2n) is 12.1. The first kappa shape index (κ1) is 32.8. The van der Waals surface area contributed by atoms with Crippen LogP contribution in [0.3, 0.4) is 0 Å². The van der Waals surface area contributed by atoms with E-state index in [0.29, 0.717) is 13.1 Å². The molecule has 0 radical (unpaired) electrons. The minimum Gasteiger partial charge on any atom is -0.453 e. The Kier molecular flexibility index (Phi) is 11.0. The number of ether oxygens (including phenoxy) is 3. The molecular weight excluding hydrogens is 572 g/mol. The summed E-state index contributed by atoms with van der Waals surface area (Å²) in [6.45, 7) is 7.06. The molecule has 3 aromatic carbocycles. The molecule has 3 aromatic rings. The van der Waals surface area contributed by atoms with Crippen LogP contribution in [-0.2, 0) is 37.0 Å². The number of aliphatic hydroxyl groups is 2. The van der Waals surface area contributed by atoms with E-state index >= 15 is 0 Å². The highest BCUT2D eigenvalue weighted by molar-refractivity contribution is 5.82. The number of carbonyl (C=O) groups is 2. The van der Waals surface area contributed by atoms with Crippen LogP contribution in [0.4, 0.5) is 0 Å². The minimum atomic E-state index is -0.860. The molecule has 0 bridgehead atoms. The fraction of sp³-hybridized carbons (Fsp3) is 0.444. The maximum absolute atomic E-state index is 12.3. The molecule has 3 N–H and O–H groups in total. The van der Waals surface area contributed by atoms with Crippen molar-refractivity contribution in [2.24, 2.45) is 5.92 Å². The lowest BCUT2D eigenvalue weighted by Gasteiger charge is -2.43. The van der Waals surface area contributed by atoms with E-state index in [2.05, 4.69) is 23.2 Å². The molecule has 1 amide bonds. The fourth-order valence-corrected chi connectivity index (χ4v) is 6.26. The number of esters is 1. The second-order valence-corrected chi connectivity index (χ2v) is 12.1. The normalized spacial score (nSPS) is 24.2. The van der Waals surface area contributed by atoms with Crippen LogP contribution in [0.25, 0.3) is 11.1 Å². The third kappa shape index (κ3) is 8.17. The van der Waals surface area contributed by atoms with Crippen LogP contribution >= 0.6 is 0 Å². The SMILES string of the molecule is CC(=O)O[C@@H](C)C(=O)NCc1cccc(-c2cccc([C@@H]3O[C@H](CN4CCC[C@H]4CO)[C@H](C)[C@H](c4ccc(CO)cc4)O3)c2)c1. The standard InChI is InChI=1S/C36H44N2O7/c1-23-33(20-38-16-6-11-32(38)22-40)44-36(45-34(23)28-14-12-26(21-39)13-15-28)31-10-5-9-30(18-31)29-8-4-7-27(17-29)19-37-35(42)24(2)43-25(3)41/h4-5,7-10,12-15,17-18,23-24,32-34,36,39-40H,6,11,16,19-22H2,1-3H3,(H,37,42)/t23-,24-,32-,33+,34+,36+/m0/s1. The van der Waals surface area contributed by atoms with Crippen molar-refractivity contribution < 1.29 is 34.0 Å². The summed E-state index contributed by atoms with van der Waals surface area (Å²) >= 11 is 0. The van der Waals surface area contributed by atoms with Crippen molar-refractivity contribution in [3.8, 4) is 11.1 Å². The largest absolute Gasteiger partial charge is 0.453 e. The minimum absolute atomic E-state index is 0.0129. The van der Waals surface area contributed by atoms with E-state index < -0.39 is 18.4 Å². The summed E-state index contributed by atoms with van der Waals surface area (Å²) in [6, 6.07) is 24.1. The van der Waals surface area contributed by atoms with E-state index in [0.717, 1.165) is 52.8 Å². The zero-order chi connectivity index (χ0) is 31.9. The Hall–Kier alpha value is -3.60. The van der Waals surface area contributed by atoms with Gasteiger partial charge >= 0.3 is 5.97 Å². The Morgan fingerprint density at radius 2 is 1.71 bits per heavy atom. The van der Waals surface area contributed by atoms with Gasteiger partial charge in [0, 0.05) is 37.5 Å².